The molecular weight excluding hydrogens is 314 g/mol. The largest absolute Gasteiger partial charge is 0.326 e. The Bertz CT molecular complexity index is 707. The normalized spacial score (nSPS) is 19.9. The first-order valence-electron chi connectivity index (χ1n) is 8.04. The first-order chi connectivity index (χ1) is 10.8. The van der Waals surface area contributed by atoms with Gasteiger partial charge in [0.2, 0.25) is 15.9 Å². The number of likely N-dealkylation sites (tertiary alicyclic amines) is 1. The zero-order chi connectivity index (χ0) is 16.6. The van der Waals surface area contributed by atoms with Crippen LogP contribution >= 0.6 is 0 Å². The SMILES string of the molecule is CC(C)N1CCC(NS(=O)(=O)c2ccc3c(c2)CC(=O)N3)CC1. The van der Waals surface area contributed by atoms with Crippen molar-refractivity contribution in [1.82, 2.24) is 9.62 Å². The molecule has 1 saturated heterocycles. The van der Waals surface area contributed by atoms with E-state index in [0.29, 0.717) is 11.7 Å². The van der Waals surface area contributed by atoms with Gasteiger partial charge in [0, 0.05) is 17.8 Å². The van der Waals surface area contributed by atoms with Crippen molar-refractivity contribution in [3.05, 3.63) is 23.8 Å². The van der Waals surface area contributed by atoms with Crippen LogP contribution in [0.4, 0.5) is 5.69 Å². The van der Waals surface area contributed by atoms with Gasteiger partial charge in [0.25, 0.3) is 0 Å². The second-order valence-corrected chi connectivity index (χ2v) is 8.28. The molecule has 23 heavy (non-hydrogen) atoms. The van der Waals surface area contributed by atoms with Gasteiger partial charge in [-0.15, -0.1) is 0 Å². The van der Waals surface area contributed by atoms with Crippen LogP contribution in [0.5, 0.6) is 0 Å². The highest BCUT2D eigenvalue weighted by molar-refractivity contribution is 7.89. The summed E-state index contributed by atoms with van der Waals surface area (Å²) in [6.45, 7) is 6.13. The summed E-state index contributed by atoms with van der Waals surface area (Å²) in [6, 6.07) is 5.28. The fourth-order valence-corrected chi connectivity index (χ4v) is 4.55. The summed E-state index contributed by atoms with van der Waals surface area (Å²) in [6.07, 6.45) is 1.89. The Hall–Kier alpha value is -1.44. The Morgan fingerprint density at radius 1 is 1.26 bits per heavy atom. The number of nitrogens with one attached hydrogen (secondary N) is 2. The number of anilines is 1. The number of carbonyl (C=O) groups is 1. The molecule has 0 unspecified atom stereocenters. The lowest BCUT2D eigenvalue weighted by atomic mass is 10.1. The van der Waals surface area contributed by atoms with E-state index >= 15 is 0 Å². The molecule has 7 heteroatoms. The van der Waals surface area contributed by atoms with Gasteiger partial charge < -0.3 is 10.2 Å². The number of rotatable bonds is 4. The van der Waals surface area contributed by atoms with Crippen LogP contribution < -0.4 is 10.0 Å². The summed E-state index contributed by atoms with van der Waals surface area (Å²) in [7, 11) is -3.54. The van der Waals surface area contributed by atoms with Crippen LogP contribution in [0, 0.1) is 0 Å². The molecule has 126 valence electrons. The summed E-state index contributed by atoms with van der Waals surface area (Å²) in [5.41, 5.74) is 1.45. The van der Waals surface area contributed by atoms with Crippen molar-refractivity contribution in [2.45, 2.75) is 50.1 Å². The van der Waals surface area contributed by atoms with E-state index in [1.807, 2.05) is 0 Å². The average Bonchev–Trinajstić information content (AvgIpc) is 2.86. The fraction of sp³-hybridized carbons (Fsp3) is 0.562. The van der Waals surface area contributed by atoms with Gasteiger partial charge in [-0.2, -0.15) is 0 Å². The van der Waals surface area contributed by atoms with Gasteiger partial charge in [-0.3, -0.25) is 4.79 Å². The lowest BCUT2D eigenvalue weighted by Crippen LogP contribution is -2.46. The Balaban J connectivity index is 1.69. The smallest absolute Gasteiger partial charge is 0.240 e. The molecule has 2 N–H and O–H groups in total. The van der Waals surface area contributed by atoms with E-state index in [0.717, 1.165) is 31.5 Å². The molecule has 0 spiro atoms. The lowest BCUT2D eigenvalue weighted by Gasteiger charge is -2.34. The molecule has 6 nitrogen and oxygen atoms in total. The molecule has 2 aliphatic heterocycles. The molecule has 0 aliphatic carbocycles. The molecule has 1 fully saturated rings. The van der Waals surface area contributed by atoms with Crippen LogP contribution in [0.25, 0.3) is 0 Å². The van der Waals surface area contributed by atoms with Gasteiger partial charge in [-0.25, -0.2) is 13.1 Å². The molecule has 1 aromatic carbocycles. The van der Waals surface area contributed by atoms with Crippen molar-refractivity contribution in [1.29, 1.82) is 0 Å². The number of hydrogen-bond donors (Lipinski definition) is 2. The maximum absolute atomic E-state index is 12.6. The van der Waals surface area contributed by atoms with E-state index in [9.17, 15) is 13.2 Å². The molecule has 0 atom stereocenters. The Morgan fingerprint density at radius 3 is 2.61 bits per heavy atom. The van der Waals surface area contributed by atoms with Crippen LogP contribution in [0.15, 0.2) is 23.1 Å². The third-order valence-electron chi connectivity index (χ3n) is 4.59. The van der Waals surface area contributed by atoms with Gasteiger partial charge in [0.15, 0.2) is 0 Å². The van der Waals surface area contributed by atoms with Crippen molar-refractivity contribution >= 4 is 21.6 Å². The summed E-state index contributed by atoms with van der Waals surface area (Å²) in [4.78, 5) is 14.0. The summed E-state index contributed by atoms with van der Waals surface area (Å²) in [5, 5.41) is 2.71. The lowest BCUT2D eigenvalue weighted by molar-refractivity contribution is -0.115. The van der Waals surface area contributed by atoms with Crippen molar-refractivity contribution < 1.29 is 13.2 Å². The third kappa shape index (κ3) is 3.57. The number of benzene rings is 1. The molecule has 1 aromatic rings. The predicted octanol–water partition coefficient (Wildman–Crippen LogP) is 1.33. The van der Waals surface area contributed by atoms with Crippen LogP contribution in [-0.4, -0.2) is 44.4 Å². The number of amides is 1. The molecule has 2 aliphatic rings. The van der Waals surface area contributed by atoms with Crippen molar-refractivity contribution in [3.8, 4) is 0 Å². The highest BCUT2D eigenvalue weighted by Gasteiger charge is 2.27. The van der Waals surface area contributed by atoms with Gasteiger partial charge in [-0.05, 0) is 63.5 Å². The highest BCUT2D eigenvalue weighted by Crippen LogP contribution is 2.26. The zero-order valence-electron chi connectivity index (χ0n) is 13.5. The Kier molecular flexibility index (Phi) is 4.44. The fourth-order valence-electron chi connectivity index (χ4n) is 3.19. The third-order valence-corrected chi connectivity index (χ3v) is 6.11. The van der Waals surface area contributed by atoms with Crippen LogP contribution in [0.2, 0.25) is 0 Å². The minimum atomic E-state index is -3.54. The summed E-state index contributed by atoms with van der Waals surface area (Å²) >= 11 is 0. The molecule has 0 aromatic heterocycles. The van der Waals surface area contributed by atoms with E-state index in [1.54, 1.807) is 18.2 Å². The van der Waals surface area contributed by atoms with E-state index in [2.05, 4.69) is 28.8 Å². The van der Waals surface area contributed by atoms with Crippen LogP contribution in [-0.2, 0) is 21.2 Å². The second kappa shape index (κ2) is 6.22. The minimum Gasteiger partial charge on any atom is -0.326 e. The molecule has 2 heterocycles. The van der Waals surface area contributed by atoms with Crippen LogP contribution in [0.1, 0.15) is 32.3 Å². The maximum atomic E-state index is 12.6. The number of fused-ring (bicyclic) bond motifs is 1. The molecule has 0 radical (unpaired) electrons. The van der Waals surface area contributed by atoms with E-state index in [1.165, 1.54) is 0 Å². The Morgan fingerprint density at radius 2 is 1.96 bits per heavy atom. The number of nitrogens with zero attached hydrogens (tertiary/aromatic N) is 1. The predicted molar refractivity (Wildman–Crippen MR) is 88.8 cm³/mol. The monoisotopic (exact) mass is 337 g/mol. The standard InChI is InChI=1S/C16H23N3O3S/c1-11(2)19-7-5-13(6-8-19)18-23(21,22)14-3-4-15-12(9-14)10-16(20)17-15/h3-4,9,11,13,18H,5-8,10H2,1-2H3,(H,17,20). The van der Waals surface area contributed by atoms with E-state index < -0.39 is 10.0 Å². The van der Waals surface area contributed by atoms with Gasteiger partial charge in [0.05, 0.1) is 11.3 Å². The van der Waals surface area contributed by atoms with Crippen molar-refractivity contribution in [2.75, 3.05) is 18.4 Å². The molecule has 3 rings (SSSR count). The zero-order valence-corrected chi connectivity index (χ0v) is 14.3. The van der Waals surface area contributed by atoms with E-state index in [-0.39, 0.29) is 23.3 Å². The minimum absolute atomic E-state index is 0.0250. The second-order valence-electron chi connectivity index (χ2n) is 6.57. The average molecular weight is 337 g/mol. The van der Waals surface area contributed by atoms with E-state index in [4.69, 9.17) is 0 Å². The number of carbonyl (C=O) groups excluding carboxylic acids is 1. The molecule has 1 amide bonds. The summed E-state index contributed by atoms with van der Waals surface area (Å²) in [5.74, 6) is -0.0939. The number of sulfonamides is 1. The summed E-state index contributed by atoms with van der Waals surface area (Å²) < 4.78 is 27.9. The first-order valence-corrected chi connectivity index (χ1v) is 9.52. The molecular formula is C16H23N3O3S. The van der Waals surface area contributed by atoms with Crippen LogP contribution in [0.3, 0.4) is 0 Å². The highest BCUT2D eigenvalue weighted by atomic mass is 32.2. The van der Waals surface area contributed by atoms with Crippen molar-refractivity contribution in [2.24, 2.45) is 0 Å². The molecule has 0 saturated carbocycles. The topological polar surface area (TPSA) is 78.5 Å². The quantitative estimate of drug-likeness (QED) is 0.869. The molecule has 0 bridgehead atoms. The number of hydrogen-bond acceptors (Lipinski definition) is 4. The van der Waals surface area contributed by atoms with Gasteiger partial charge >= 0.3 is 0 Å². The first kappa shape index (κ1) is 16.4. The van der Waals surface area contributed by atoms with Gasteiger partial charge in [0.1, 0.15) is 0 Å². The maximum Gasteiger partial charge on any atom is 0.240 e. The van der Waals surface area contributed by atoms with Crippen molar-refractivity contribution in [3.63, 3.8) is 0 Å². The Labute approximate surface area is 137 Å². The van der Waals surface area contributed by atoms with Gasteiger partial charge in [-0.1, -0.05) is 0 Å². The number of piperidine rings is 1.